The highest BCUT2D eigenvalue weighted by molar-refractivity contribution is 7.92. The quantitative estimate of drug-likeness (QED) is 0.456. The van der Waals surface area contributed by atoms with Crippen molar-refractivity contribution in [2.45, 2.75) is 4.90 Å². The number of imidazole rings is 1. The van der Waals surface area contributed by atoms with Crippen molar-refractivity contribution in [1.29, 1.82) is 0 Å². The average molecular weight is 416 g/mol. The summed E-state index contributed by atoms with van der Waals surface area (Å²) in [5.41, 5.74) is 4.54. The third-order valence-corrected chi connectivity index (χ3v) is 6.06. The van der Waals surface area contributed by atoms with Crippen molar-refractivity contribution in [3.05, 3.63) is 85.6 Å². The van der Waals surface area contributed by atoms with Gasteiger partial charge in [0.05, 0.1) is 34.4 Å². The minimum Gasteiger partial charge on any atom is -0.298 e. The van der Waals surface area contributed by atoms with E-state index in [0.29, 0.717) is 5.69 Å². The van der Waals surface area contributed by atoms with E-state index in [9.17, 15) is 8.42 Å². The van der Waals surface area contributed by atoms with Gasteiger partial charge < -0.3 is 0 Å². The topological polar surface area (TPSA) is 105 Å². The predicted molar refractivity (Wildman–Crippen MR) is 113 cm³/mol. The molecule has 5 rings (SSSR count). The van der Waals surface area contributed by atoms with E-state index in [-0.39, 0.29) is 4.90 Å². The van der Waals surface area contributed by atoms with E-state index < -0.39 is 10.0 Å². The first-order valence-electron chi connectivity index (χ1n) is 9.10. The number of benzene rings is 1. The zero-order valence-corrected chi connectivity index (χ0v) is 16.4. The smallest absolute Gasteiger partial charge is 0.261 e. The normalized spacial score (nSPS) is 11.6. The van der Waals surface area contributed by atoms with E-state index in [1.165, 1.54) is 6.20 Å². The van der Waals surface area contributed by atoms with Crippen LogP contribution in [0.25, 0.3) is 28.2 Å². The van der Waals surface area contributed by atoms with E-state index >= 15 is 0 Å². The SMILES string of the molecule is O=S(=O)(Nc1cncc(-c2ccc3ncc(-c4ccn[nH]4)n3c2)c1)c1ccccc1. The maximum atomic E-state index is 12.6. The number of H-pyrrole nitrogens is 1. The number of sulfonamides is 1. The second-order valence-corrected chi connectivity index (χ2v) is 8.32. The summed E-state index contributed by atoms with van der Waals surface area (Å²) in [5, 5.41) is 6.94. The van der Waals surface area contributed by atoms with Crippen LogP contribution in [-0.2, 0) is 10.0 Å². The molecule has 9 heteroatoms. The summed E-state index contributed by atoms with van der Waals surface area (Å²) in [4.78, 5) is 8.82. The molecule has 0 spiro atoms. The van der Waals surface area contributed by atoms with E-state index in [4.69, 9.17) is 0 Å². The fourth-order valence-electron chi connectivity index (χ4n) is 3.22. The molecule has 2 N–H and O–H groups in total. The fourth-order valence-corrected chi connectivity index (χ4v) is 4.27. The molecule has 0 aliphatic heterocycles. The van der Waals surface area contributed by atoms with Crippen LogP contribution in [0.5, 0.6) is 0 Å². The Labute approximate surface area is 172 Å². The van der Waals surface area contributed by atoms with Crippen LogP contribution < -0.4 is 4.72 Å². The second kappa shape index (κ2) is 7.12. The Morgan fingerprint density at radius 1 is 0.933 bits per heavy atom. The molecule has 0 unspecified atom stereocenters. The number of hydrogen-bond acceptors (Lipinski definition) is 5. The van der Waals surface area contributed by atoms with Gasteiger partial charge in [0.2, 0.25) is 0 Å². The van der Waals surface area contributed by atoms with Crippen molar-refractivity contribution in [3.63, 3.8) is 0 Å². The number of aromatic amines is 1. The number of fused-ring (bicyclic) bond motifs is 1. The van der Waals surface area contributed by atoms with Gasteiger partial charge in [-0.15, -0.1) is 0 Å². The van der Waals surface area contributed by atoms with Crippen LogP contribution >= 0.6 is 0 Å². The lowest BCUT2D eigenvalue weighted by molar-refractivity contribution is 0.601. The van der Waals surface area contributed by atoms with Crippen LogP contribution in [0.4, 0.5) is 5.69 Å². The fraction of sp³-hybridized carbons (Fsp3) is 0. The summed E-state index contributed by atoms with van der Waals surface area (Å²) < 4.78 is 29.7. The van der Waals surface area contributed by atoms with E-state index in [2.05, 4.69) is 24.9 Å². The molecule has 0 saturated carbocycles. The third kappa shape index (κ3) is 3.31. The Balaban J connectivity index is 1.51. The second-order valence-electron chi connectivity index (χ2n) is 6.64. The molecule has 148 valence electrons. The zero-order chi connectivity index (χ0) is 20.6. The van der Waals surface area contributed by atoms with E-state index in [1.54, 1.807) is 55.0 Å². The van der Waals surface area contributed by atoms with Crippen molar-refractivity contribution in [3.8, 4) is 22.5 Å². The molecule has 0 bridgehead atoms. The van der Waals surface area contributed by atoms with Gasteiger partial charge in [0, 0.05) is 29.7 Å². The highest BCUT2D eigenvalue weighted by Gasteiger charge is 2.14. The van der Waals surface area contributed by atoms with E-state index in [1.807, 2.05) is 28.8 Å². The molecular formula is C21H16N6O2S. The summed E-state index contributed by atoms with van der Waals surface area (Å²) >= 11 is 0. The highest BCUT2D eigenvalue weighted by atomic mass is 32.2. The lowest BCUT2D eigenvalue weighted by Crippen LogP contribution is -2.13. The Morgan fingerprint density at radius 3 is 2.60 bits per heavy atom. The first kappa shape index (κ1) is 18.1. The molecule has 5 aromatic rings. The van der Waals surface area contributed by atoms with Gasteiger partial charge >= 0.3 is 0 Å². The summed E-state index contributed by atoms with van der Waals surface area (Å²) in [7, 11) is -3.69. The molecule has 0 aliphatic rings. The summed E-state index contributed by atoms with van der Waals surface area (Å²) in [5.74, 6) is 0. The number of nitrogens with one attached hydrogen (secondary N) is 2. The number of pyridine rings is 2. The molecule has 4 heterocycles. The lowest BCUT2D eigenvalue weighted by atomic mass is 10.1. The molecule has 30 heavy (non-hydrogen) atoms. The lowest BCUT2D eigenvalue weighted by Gasteiger charge is -2.10. The van der Waals surface area contributed by atoms with Gasteiger partial charge in [-0.3, -0.25) is 19.2 Å². The molecule has 0 aliphatic carbocycles. The minimum absolute atomic E-state index is 0.194. The van der Waals surface area contributed by atoms with Crippen molar-refractivity contribution in [1.82, 2.24) is 24.6 Å². The van der Waals surface area contributed by atoms with Crippen LogP contribution in [-0.4, -0.2) is 33.0 Å². The molecule has 4 aromatic heterocycles. The zero-order valence-electron chi connectivity index (χ0n) is 15.6. The molecule has 0 radical (unpaired) electrons. The van der Waals surface area contributed by atoms with Gasteiger partial charge in [-0.2, -0.15) is 5.10 Å². The highest BCUT2D eigenvalue weighted by Crippen LogP contribution is 2.26. The number of anilines is 1. The Bertz CT molecular complexity index is 1430. The van der Waals surface area contributed by atoms with Gasteiger partial charge in [-0.05, 0) is 36.4 Å². The Morgan fingerprint density at radius 2 is 1.80 bits per heavy atom. The van der Waals surface area contributed by atoms with Crippen molar-refractivity contribution < 1.29 is 8.42 Å². The van der Waals surface area contributed by atoms with Crippen LogP contribution in [0.2, 0.25) is 0 Å². The van der Waals surface area contributed by atoms with Gasteiger partial charge in [-0.1, -0.05) is 18.2 Å². The number of rotatable bonds is 5. The van der Waals surface area contributed by atoms with Crippen LogP contribution in [0.1, 0.15) is 0 Å². The monoisotopic (exact) mass is 416 g/mol. The van der Waals surface area contributed by atoms with Gasteiger partial charge in [0.1, 0.15) is 5.65 Å². The molecule has 0 saturated heterocycles. The molecule has 0 fully saturated rings. The summed E-state index contributed by atoms with van der Waals surface area (Å²) in [6.07, 6.45) is 8.56. The molecule has 0 amide bonds. The standard InChI is InChI=1S/C21H16N6O2S/c28-30(29,18-4-2-1-3-5-18)26-17-10-16(11-22-12-17)15-6-7-21-23-13-20(27(21)14-15)19-8-9-24-25-19/h1-14,26H,(H,24,25). The van der Waals surface area contributed by atoms with Crippen molar-refractivity contribution >= 4 is 21.4 Å². The largest absolute Gasteiger partial charge is 0.298 e. The number of nitrogens with zero attached hydrogens (tertiary/aromatic N) is 4. The first-order valence-corrected chi connectivity index (χ1v) is 10.6. The third-order valence-electron chi connectivity index (χ3n) is 4.66. The Hall–Kier alpha value is -3.98. The maximum Gasteiger partial charge on any atom is 0.261 e. The minimum atomic E-state index is -3.69. The van der Waals surface area contributed by atoms with Crippen LogP contribution in [0, 0.1) is 0 Å². The molecule has 8 nitrogen and oxygen atoms in total. The summed E-state index contributed by atoms with van der Waals surface area (Å²) in [6.45, 7) is 0. The van der Waals surface area contributed by atoms with E-state index in [0.717, 1.165) is 28.2 Å². The van der Waals surface area contributed by atoms with Gasteiger partial charge in [-0.25, -0.2) is 13.4 Å². The molecule has 1 aromatic carbocycles. The van der Waals surface area contributed by atoms with Gasteiger partial charge in [0.15, 0.2) is 0 Å². The average Bonchev–Trinajstić information content (AvgIpc) is 3.43. The molecule has 0 atom stereocenters. The number of aromatic nitrogens is 5. The van der Waals surface area contributed by atoms with Crippen molar-refractivity contribution in [2.24, 2.45) is 0 Å². The predicted octanol–water partition coefficient (Wildman–Crippen LogP) is 3.59. The summed E-state index contributed by atoms with van der Waals surface area (Å²) in [6, 6.07) is 15.7. The van der Waals surface area contributed by atoms with Crippen molar-refractivity contribution in [2.75, 3.05) is 4.72 Å². The maximum absolute atomic E-state index is 12.6. The van der Waals surface area contributed by atoms with Gasteiger partial charge in [0.25, 0.3) is 10.0 Å². The Kier molecular flexibility index (Phi) is 4.29. The van der Waals surface area contributed by atoms with Crippen LogP contribution in [0.3, 0.4) is 0 Å². The van der Waals surface area contributed by atoms with Crippen LogP contribution in [0.15, 0.2) is 90.5 Å². The molecular weight excluding hydrogens is 400 g/mol. The number of hydrogen-bond donors (Lipinski definition) is 2. The first-order chi connectivity index (χ1) is 14.6.